The van der Waals surface area contributed by atoms with Gasteiger partial charge in [-0.25, -0.2) is 0 Å². The molecule has 0 aromatic rings. The Kier molecular flexibility index (Phi) is 2.05. The molecular weight excluding hydrogens is 154 g/mol. The van der Waals surface area contributed by atoms with Gasteiger partial charge < -0.3 is 10.4 Å². The molecule has 2 N–H and O–H groups in total. The van der Waals surface area contributed by atoms with Crippen LogP contribution in [0, 0.1) is 11.8 Å². The summed E-state index contributed by atoms with van der Waals surface area (Å²) in [6.07, 6.45) is 4.68. The third-order valence-electron chi connectivity index (χ3n) is 3.03. The van der Waals surface area contributed by atoms with E-state index in [1.807, 2.05) is 0 Å². The van der Waals surface area contributed by atoms with E-state index in [-0.39, 0.29) is 6.04 Å². The Labute approximate surface area is 72.2 Å². The molecule has 0 spiro atoms. The molecule has 12 heavy (non-hydrogen) atoms. The Morgan fingerprint density at radius 2 is 2.00 bits per heavy atom. The summed E-state index contributed by atoms with van der Waals surface area (Å²) in [5.74, 6) is 0.863. The summed E-state index contributed by atoms with van der Waals surface area (Å²) in [5.41, 5.74) is 0. The second-order valence-corrected chi connectivity index (χ2v) is 3.97. The van der Waals surface area contributed by atoms with Crippen LogP contribution in [0.15, 0.2) is 0 Å². The molecule has 68 valence electrons. The zero-order chi connectivity index (χ0) is 8.55. The maximum Gasteiger partial charge on any atom is 0.320 e. The number of carboxylic acids is 1. The highest BCUT2D eigenvalue weighted by Crippen LogP contribution is 2.41. The van der Waals surface area contributed by atoms with Crippen molar-refractivity contribution in [3.63, 3.8) is 0 Å². The van der Waals surface area contributed by atoms with E-state index < -0.39 is 5.97 Å². The summed E-state index contributed by atoms with van der Waals surface area (Å²) < 4.78 is 0. The SMILES string of the molecule is O=C(O)C1CC(C2CC2)CCN1. The van der Waals surface area contributed by atoms with Gasteiger partial charge in [0, 0.05) is 0 Å². The van der Waals surface area contributed by atoms with Crippen LogP contribution < -0.4 is 5.32 Å². The molecule has 2 fully saturated rings. The van der Waals surface area contributed by atoms with Crippen LogP contribution in [0.2, 0.25) is 0 Å². The normalized spacial score (nSPS) is 36.3. The zero-order valence-corrected chi connectivity index (χ0v) is 7.12. The molecule has 1 aliphatic heterocycles. The van der Waals surface area contributed by atoms with Crippen molar-refractivity contribution in [1.82, 2.24) is 5.32 Å². The van der Waals surface area contributed by atoms with Crippen molar-refractivity contribution in [2.75, 3.05) is 6.54 Å². The minimum atomic E-state index is -0.680. The highest BCUT2D eigenvalue weighted by atomic mass is 16.4. The quantitative estimate of drug-likeness (QED) is 0.644. The first-order valence-electron chi connectivity index (χ1n) is 4.73. The van der Waals surface area contributed by atoms with Gasteiger partial charge in [-0.1, -0.05) is 0 Å². The minimum absolute atomic E-state index is 0.274. The topological polar surface area (TPSA) is 49.3 Å². The van der Waals surface area contributed by atoms with E-state index in [2.05, 4.69) is 5.32 Å². The Hall–Kier alpha value is -0.570. The Bertz CT molecular complexity index is 189. The largest absolute Gasteiger partial charge is 0.480 e. The van der Waals surface area contributed by atoms with Crippen molar-refractivity contribution in [2.24, 2.45) is 11.8 Å². The van der Waals surface area contributed by atoms with Crippen molar-refractivity contribution in [2.45, 2.75) is 31.7 Å². The second kappa shape index (κ2) is 3.05. The van der Waals surface area contributed by atoms with Gasteiger partial charge in [0.25, 0.3) is 0 Å². The van der Waals surface area contributed by atoms with Gasteiger partial charge in [0.15, 0.2) is 0 Å². The third-order valence-corrected chi connectivity index (χ3v) is 3.03. The maximum atomic E-state index is 10.7. The van der Waals surface area contributed by atoms with E-state index in [9.17, 15) is 4.79 Å². The number of piperidine rings is 1. The highest BCUT2D eigenvalue weighted by Gasteiger charge is 2.36. The van der Waals surface area contributed by atoms with Crippen LogP contribution in [0.3, 0.4) is 0 Å². The van der Waals surface area contributed by atoms with Crippen LogP contribution in [-0.4, -0.2) is 23.7 Å². The molecule has 3 nitrogen and oxygen atoms in total. The van der Waals surface area contributed by atoms with E-state index >= 15 is 0 Å². The van der Waals surface area contributed by atoms with E-state index in [0.29, 0.717) is 5.92 Å². The summed E-state index contributed by atoms with van der Waals surface area (Å²) >= 11 is 0. The molecule has 0 aromatic heterocycles. The molecule has 2 aliphatic rings. The molecule has 2 unspecified atom stereocenters. The van der Waals surface area contributed by atoms with E-state index in [4.69, 9.17) is 5.11 Å². The Morgan fingerprint density at radius 1 is 1.25 bits per heavy atom. The van der Waals surface area contributed by atoms with Gasteiger partial charge in [0.2, 0.25) is 0 Å². The second-order valence-electron chi connectivity index (χ2n) is 3.97. The number of nitrogens with one attached hydrogen (secondary N) is 1. The van der Waals surface area contributed by atoms with Crippen LogP contribution in [0.5, 0.6) is 0 Å². The molecule has 0 bridgehead atoms. The fourth-order valence-corrected chi connectivity index (χ4v) is 2.13. The number of carbonyl (C=O) groups is 1. The van der Waals surface area contributed by atoms with Gasteiger partial charge >= 0.3 is 5.97 Å². The maximum absolute atomic E-state index is 10.7. The van der Waals surface area contributed by atoms with E-state index in [1.54, 1.807) is 0 Å². The van der Waals surface area contributed by atoms with E-state index in [1.165, 1.54) is 19.3 Å². The number of hydrogen-bond acceptors (Lipinski definition) is 2. The first-order valence-corrected chi connectivity index (χ1v) is 4.73. The molecule has 1 aliphatic carbocycles. The lowest BCUT2D eigenvalue weighted by Gasteiger charge is -2.27. The third kappa shape index (κ3) is 1.61. The van der Waals surface area contributed by atoms with Gasteiger partial charge in [0.1, 0.15) is 6.04 Å². The number of rotatable bonds is 2. The van der Waals surface area contributed by atoms with Gasteiger partial charge in [0.05, 0.1) is 0 Å². The minimum Gasteiger partial charge on any atom is -0.480 e. The standard InChI is InChI=1S/C9H15NO2/c11-9(12)8-5-7(3-4-10-8)6-1-2-6/h6-8,10H,1-5H2,(H,11,12). The molecule has 0 radical (unpaired) electrons. The highest BCUT2D eigenvalue weighted by molar-refractivity contribution is 5.73. The van der Waals surface area contributed by atoms with Crippen LogP contribution in [-0.2, 0) is 4.79 Å². The van der Waals surface area contributed by atoms with Crippen LogP contribution in [0.4, 0.5) is 0 Å². The number of hydrogen-bond donors (Lipinski definition) is 2. The lowest BCUT2D eigenvalue weighted by molar-refractivity contribution is -0.140. The van der Waals surface area contributed by atoms with Crippen LogP contribution >= 0.6 is 0 Å². The van der Waals surface area contributed by atoms with Gasteiger partial charge in [-0.05, 0) is 44.1 Å². The molecule has 2 rings (SSSR count). The molecule has 1 saturated heterocycles. The fraction of sp³-hybridized carbons (Fsp3) is 0.889. The summed E-state index contributed by atoms with van der Waals surface area (Å²) in [5, 5.41) is 11.8. The molecule has 2 atom stereocenters. The smallest absolute Gasteiger partial charge is 0.320 e. The van der Waals surface area contributed by atoms with Crippen molar-refractivity contribution in [3.8, 4) is 0 Å². The van der Waals surface area contributed by atoms with Gasteiger partial charge in [-0.2, -0.15) is 0 Å². The summed E-state index contributed by atoms with van der Waals surface area (Å²) in [6, 6.07) is -0.274. The zero-order valence-electron chi connectivity index (χ0n) is 7.12. The predicted octanol–water partition coefficient (Wildman–Crippen LogP) is 0.849. The van der Waals surface area contributed by atoms with Crippen molar-refractivity contribution < 1.29 is 9.90 Å². The molecule has 1 saturated carbocycles. The molecule has 3 heteroatoms. The Morgan fingerprint density at radius 3 is 2.58 bits per heavy atom. The summed E-state index contributed by atoms with van der Waals surface area (Å²) in [6.45, 7) is 0.887. The number of carboxylic acid groups (broad SMARTS) is 1. The average molecular weight is 169 g/mol. The first kappa shape index (κ1) is 8.05. The predicted molar refractivity (Wildman–Crippen MR) is 44.9 cm³/mol. The van der Waals surface area contributed by atoms with E-state index in [0.717, 1.165) is 18.9 Å². The lowest BCUT2D eigenvalue weighted by Crippen LogP contribution is -2.43. The molecule has 1 heterocycles. The molecule has 0 amide bonds. The van der Waals surface area contributed by atoms with Gasteiger partial charge in [-0.15, -0.1) is 0 Å². The van der Waals surface area contributed by atoms with Crippen molar-refractivity contribution in [3.05, 3.63) is 0 Å². The monoisotopic (exact) mass is 169 g/mol. The summed E-state index contributed by atoms with van der Waals surface area (Å²) in [4.78, 5) is 10.7. The van der Waals surface area contributed by atoms with Gasteiger partial charge in [-0.3, -0.25) is 4.79 Å². The molecule has 0 aromatic carbocycles. The first-order chi connectivity index (χ1) is 5.77. The number of aliphatic carboxylic acids is 1. The molecular formula is C9H15NO2. The Balaban J connectivity index is 1.89. The van der Waals surface area contributed by atoms with Crippen molar-refractivity contribution >= 4 is 5.97 Å². The van der Waals surface area contributed by atoms with Crippen LogP contribution in [0.1, 0.15) is 25.7 Å². The lowest BCUT2D eigenvalue weighted by atomic mass is 9.88. The average Bonchev–Trinajstić information content (AvgIpc) is 2.87. The van der Waals surface area contributed by atoms with Crippen LogP contribution in [0.25, 0.3) is 0 Å². The fourth-order valence-electron chi connectivity index (χ4n) is 2.13. The van der Waals surface area contributed by atoms with Crippen molar-refractivity contribution in [1.29, 1.82) is 0 Å². The summed E-state index contributed by atoms with van der Waals surface area (Å²) in [7, 11) is 0.